The molecule has 0 radical (unpaired) electrons. The number of nitrogens with zero attached hydrogens (tertiary/aromatic N) is 2. The van der Waals surface area contributed by atoms with Gasteiger partial charge in [-0.25, -0.2) is 4.98 Å². The van der Waals surface area contributed by atoms with Gasteiger partial charge < -0.3 is 10.2 Å². The number of likely N-dealkylation sites (tertiary alicyclic amines) is 1. The van der Waals surface area contributed by atoms with E-state index in [1.165, 1.54) is 0 Å². The molecule has 5 nitrogen and oxygen atoms in total. The fourth-order valence-electron chi connectivity index (χ4n) is 2.67. The van der Waals surface area contributed by atoms with Crippen molar-refractivity contribution in [2.24, 2.45) is 0 Å². The highest BCUT2D eigenvalue weighted by molar-refractivity contribution is 7.16. The monoisotopic (exact) mass is 317 g/mol. The van der Waals surface area contributed by atoms with E-state index < -0.39 is 0 Å². The lowest BCUT2D eigenvalue weighted by Gasteiger charge is -2.20. The number of carbonyl (C=O) groups is 2. The normalized spacial score (nSPS) is 15.8. The molecule has 1 aliphatic rings. The van der Waals surface area contributed by atoms with E-state index in [0.717, 1.165) is 41.7 Å². The van der Waals surface area contributed by atoms with Crippen LogP contribution in [0.5, 0.6) is 0 Å². The van der Waals surface area contributed by atoms with Crippen LogP contribution < -0.4 is 5.32 Å². The van der Waals surface area contributed by atoms with E-state index in [-0.39, 0.29) is 11.8 Å². The largest absolute Gasteiger partial charge is 0.342 e. The Morgan fingerprint density at radius 1 is 1.32 bits per heavy atom. The number of fused-ring (bicyclic) bond motifs is 1. The van der Waals surface area contributed by atoms with Crippen LogP contribution in [-0.4, -0.2) is 34.8 Å². The Labute approximate surface area is 133 Å². The lowest BCUT2D eigenvalue weighted by atomic mass is 10.2. The van der Waals surface area contributed by atoms with Gasteiger partial charge in [-0.3, -0.25) is 9.59 Å². The molecular weight excluding hydrogens is 298 g/mol. The zero-order valence-electron chi connectivity index (χ0n) is 12.4. The van der Waals surface area contributed by atoms with Gasteiger partial charge in [0, 0.05) is 31.6 Å². The van der Waals surface area contributed by atoms with E-state index in [1.54, 1.807) is 16.8 Å². The molecule has 0 unspecified atom stereocenters. The van der Waals surface area contributed by atoms with E-state index in [1.807, 2.05) is 23.1 Å². The Morgan fingerprint density at radius 3 is 3.14 bits per heavy atom. The van der Waals surface area contributed by atoms with Crippen molar-refractivity contribution in [3.63, 3.8) is 0 Å². The van der Waals surface area contributed by atoms with Crippen LogP contribution in [0.15, 0.2) is 23.7 Å². The number of rotatable bonds is 4. The average molecular weight is 317 g/mol. The minimum atomic E-state index is -0.0633. The molecule has 116 valence electrons. The molecule has 1 saturated heterocycles. The predicted molar refractivity (Wildman–Crippen MR) is 87.9 cm³/mol. The predicted octanol–water partition coefficient (Wildman–Crippen LogP) is 3.03. The summed E-state index contributed by atoms with van der Waals surface area (Å²) < 4.78 is 1.10. The van der Waals surface area contributed by atoms with E-state index >= 15 is 0 Å². The molecule has 1 aliphatic heterocycles. The number of aromatic nitrogens is 1. The van der Waals surface area contributed by atoms with Gasteiger partial charge in [0.05, 0.1) is 15.7 Å². The van der Waals surface area contributed by atoms with Gasteiger partial charge >= 0.3 is 0 Å². The van der Waals surface area contributed by atoms with Gasteiger partial charge in [-0.15, -0.1) is 11.3 Å². The summed E-state index contributed by atoms with van der Waals surface area (Å²) in [5, 5.41) is 2.88. The molecule has 1 N–H and O–H groups in total. The third-order valence-corrected chi connectivity index (χ3v) is 4.70. The van der Waals surface area contributed by atoms with E-state index in [4.69, 9.17) is 0 Å². The molecular formula is C16H19N3O2S. The standard InChI is InChI=1S/C16H19N3O2S/c20-15(7-9-19-8-3-1-2-4-16(19)21)18-12-5-6-14-13(10-12)17-11-22-14/h5-6,10-11H,1-4,7-9H2,(H,18,20). The summed E-state index contributed by atoms with van der Waals surface area (Å²) >= 11 is 1.58. The first-order valence-corrected chi connectivity index (χ1v) is 8.51. The molecule has 3 rings (SSSR count). The second kappa shape index (κ2) is 6.87. The smallest absolute Gasteiger partial charge is 0.226 e. The quantitative estimate of drug-likeness (QED) is 0.943. The second-order valence-corrected chi connectivity index (χ2v) is 6.41. The maximum Gasteiger partial charge on any atom is 0.226 e. The minimum Gasteiger partial charge on any atom is -0.342 e. The lowest BCUT2D eigenvalue weighted by molar-refractivity contribution is -0.131. The topological polar surface area (TPSA) is 62.3 Å². The average Bonchev–Trinajstić information content (AvgIpc) is 2.87. The molecule has 1 aromatic carbocycles. The van der Waals surface area contributed by atoms with Crippen molar-refractivity contribution in [2.45, 2.75) is 32.1 Å². The Balaban J connectivity index is 1.54. The van der Waals surface area contributed by atoms with Gasteiger partial charge in [0.1, 0.15) is 0 Å². The van der Waals surface area contributed by atoms with Crippen LogP contribution in [0.2, 0.25) is 0 Å². The number of hydrogen-bond acceptors (Lipinski definition) is 4. The summed E-state index contributed by atoms with van der Waals surface area (Å²) in [6.45, 7) is 1.28. The molecule has 6 heteroatoms. The zero-order chi connectivity index (χ0) is 15.4. The number of amides is 2. The molecule has 1 fully saturated rings. The van der Waals surface area contributed by atoms with Crippen LogP contribution in [0.1, 0.15) is 32.1 Å². The third-order valence-electron chi connectivity index (χ3n) is 3.89. The van der Waals surface area contributed by atoms with Crippen LogP contribution in [0.25, 0.3) is 10.2 Å². The number of thiazole rings is 1. The first kappa shape index (κ1) is 15.0. The SMILES string of the molecule is O=C(CCN1CCCCCC1=O)Nc1ccc2scnc2c1. The van der Waals surface area contributed by atoms with Crippen LogP contribution in [0.4, 0.5) is 5.69 Å². The molecule has 0 bridgehead atoms. The van der Waals surface area contributed by atoms with Gasteiger partial charge in [0.25, 0.3) is 0 Å². The summed E-state index contributed by atoms with van der Waals surface area (Å²) in [5.41, 5.74) is 3.44. The highest BCUT2D eigenvalue weighted by atomic mass is 32.1. The Kier molecular flexibility index (Phi) is 4.68. The molecule has 2 amide bonds. The fraction of sp³-hybridized carbons (Fsp3) is 0.438. The molecule has 0 spiro atoms. The van der Waals surface area contributed by atoms with Gasteiger partial charge in [-0.2, -0.15) is 0 Å². The number of nitrogens with one attached hydrogen (secondary N) is 1. The van der Waals surface area contributed by atoms with Crippen molar-refractivity contribution < 1.29 is 9.59 Å². The third kappa shape index (κ3) is 3.62. The van der Waals surface area contributed by atoms with Crippen molar-refractivity contribution in [3.8, 4) is 0 Å². The number of hydrogen-bond donors (Lipinski definition) is 1. The Bertz CT molecular complexity index is 683. The number of carbonyl (C=O) groups excluding carboxylic acids is 2. The van der Waals surface area contributed by atoms with E-state index in [2.05, 4.69) is 10.3 Å². The summed E-state index contributed by atoms with van der Waals surface area (Å²) in [6, 6.07) is 5.72. The maximum atomic E-state index is 12.1. The van der Waals surface area contributed by atoms with Crippen molar-refractivity contribution in [2.75, 3.05) is 18.4 Å². The lowest BCUT2D eigenvalue weighted by Crippen LogP contribution is -2.33. The molecule has 2 aromatic rings. The van der Waals surface area contributed by atoms with Crippen molar-refractivity contribution in [3.05, 3.63) is 23.7 Å². The van der Waals surface area contributed by atoms with Gasteiger partial charge in [-0.05, 0) is 31.0 Å². The Morgan fingerprint density at radius 2 is 2.23 bits per heavy atom. The summed E-state index contributed by atoms with van der Waals surface area (Å²) in [6.07, 6.45) is 4.05. The van der Waals surface area contributed by atoms with Crippen LogP contribution in [0, 0.1) is 0 Å². The molecule has 0 saturated carbocycles. The number of anilines is 1. The van der Waals surface area contributed by atoms with Crippen molar-refractivity contribution >= 4 is 39.1 Å². The molecule has 0 atom stereocenters. The first-order chi connectivity index (χ1) is 10.7. The number of benzene rings is 1. The van der Waals surface area contributed by atoms with Gasteiger partial charge in [0.2, 0.25) is 11.8 Å². The van der Waals surface area contributed by atoms with Gasteiger partial charge in [-0.1, -0.05) is 6.42 Å². The highest BCUT2D eigenvalue weighted by Gasteiger charge is 2.17. The summed E-state index contributed by atoms with van der Waals surface area (Å²) in [4.78, 5) is 30.0. The van der Waals surface area contributed by atoms with Crippen LogP contribution >= 0.6 is 11.3 Å². The van der Waals surface area contributed by atoms with Crippen LogP contribution in [0.3, 0.4) is 0 Å². The molecule has 1 aromatic heterocycles. The zero-order valence-corrected chi connectivity index (χ0v) is 13.2. The van der Waals surface area contributed by atoms with Crippen molar-refractivity contribution in [1.82, 2.24) is 9.88 Å². The Hall–Kier alpha value is -1.95. The van der Waals surface area contributed by atoms with E-state index in [9.17, 15) is 9.59 Å². The highest BCUT2D eigenvalue weighted by Crippen LogP contribution is 2.21. The second-order valence-electron chi connectivity index (χ2n) is 5.52. The maximum absolute atomic E-state index is 12.1. The first-order valence-electron chi connectivity index (χ1n) is 7.63. The molecule has 22 heavy (non-hydrogen) atoms. The molecule has 2 heterocycles. The minimum absolute atomic E-state index is 0.0633. The van der Waals surface area contributed by atoms with Crippen molar-refractivity contribution in [1.29, 1.82) is 0 Å². The van der Waals surface area contributed by atoms with E-state index in [0.29, 0.717) is 19.4 Å². The summed E-state index contributed by atoms with van der Waals surface area (Å²) in [7, 11) is 0. The fourth-order valence-corrected chi connectivity index (χ4v) is 3.33. The van der Waals surface area contributed by atoms with Gasteiger partial charge in [0.15, 0.2) is 0 Å². The van der Waals surface area contributed by atoms with Crippen LogP contribution in [-0.2, 0) is 9.59 Å². The molecule has 0 aliphatic carbocycles. The summed E-state index contributed by atoms with van der Waals surface area (Å²) in [5.74, 6) is 0.112.